The molecule has 0 atom stereocenters. The molecule has 0 rings (SSSR count). The van der Waals surface area contributed by atoms with E-state index in [0.29, 0.717) is 0 Å². The van der Waals surface area contributed by atoms with Gasteiger partial charge in [-0.25, -0.2) is 0 Å². The van der Waals surface area contributed by atoms with Gasteiger partial charge in [-0.05, 0) is 54.1 Å². The molecule has 7 heteroatoms. The van der Waals surface area contributed by atoms with E-state index in [1.807, 2.05) is 0 Å². The molecule has 0 saturated heterocycles. The van der Waals surface area contributed by atoms with Crippen LogP contribution in [0.1, 0.15) is 476 Å². The van der Waals surface area contributed by atoms with E-state index >= 15 is 0 Å². The summed E-state index contributed by atoms with van der Waals surface area (Å²) in [6.07, 6.45) is 106. The zero-order valence-corrected chi connectivity index (χ0v) is 62.2. The van der Waals surface area contributed by atoms with Crippen LogP contribution in [-0.4, -0.2) is 68.6 Å². The van der Waals surface area contributed by atoms with Gasteiger partial charge in [0.05, 0.1) is 0 Å². The van der Waals surface area contributed by atoms with Crippen molar-refractivity contribution >= 4 is 10.4 Å². The van der Waals surface area contributed by atoms with Gasteiger partial charge in [-0.3, -0.25) is 9.11 Å². The second-order valence-electron chi connectivity index (χ2n) is 28.8. The Morgan fingerprint density at radius 2 is 0.241 bits per heavy atom. The van der Waals surface area contributed by atoms with Gasteiger partial charge in [-0.1, -0.05) is 463 Å². The lowest BCUT2D eigenvalue weighted by Crippen LogP contribution is -2.12. The smallest absolute Gasteiger partial charge is 0.309 e. The molecule has 87 heavy (non-hydrogen) atoms. The number of hydrogen-bond donors (Lipinski definition) is 2. The molecule has 0 fully saturated rings. The van der Waals surface area contributed by atoms with E-state index in [9.17, 15) is 0 Å². The van der Waals surface area contributed by atoms with Crippen LogP contribution in [-0.2, 0) is 10.4 Å². The van der Waals surface area contributed by atoms with Crippen molar-refractivity contribution in [2.75, 3.05) is 41.3 Å². The minimum atomic E-state index is -4.67. The molecule has 0 saturated carbocycles. The largest absolute Gasteiger partial charge is 0.394 e. The Balaban J connectivity index is -0.00000150. The fourth-order valence-corrected chi connectivity index (χ4v) is 13.0. The van der Waals surface area contributed by atoms with Crippen LogP contribution in [0.4, 0.5) is 0 Å². The molecule has 0 aliphatic rings. The van der Waals surface area contributed by atoms with Crippen LogP contribution in [0.25, 0.3) is 0 Å². The molecule has 0 spiro atoms. The highest BCUT2D eigenvalue weighted by Crippen LogP contribution is 2.21. The normalized spacial score (nSPS) is 11.7. The molecule has 0 aromatic rings. The van der Waals surface area contributed by atoms with Crippen molar-refractivity contribution in [3.05, 3.63) is 0 Å². The van der Waals surface area contributed by atoms with Crippen LogP contribution in [0.3, 0.4) is 0 Å². The van der Waals surface area contributed by atoms with E-state index in [1.165, 1.54) is 475 Å². The SMILES string of the molecule is CCCCCCCCCCCCCCCCCCCCCCCCCCCCCCCCCCCCCCN(C)C.CCCCCCCCCCCCCCCCCCCCCCCCCCCCCCCCCCCCCCN(C)C.O=S(=O)(O)O. The molecular weight excluding hydrogens is 1080 g/mol. The third-order valence-corrected chi connectivity index (χ3v) is 18.9. The fourth-order valence-electron chi connectivity index (χ4n) is 13.0. The van der Waals surface area contributed by atoms with E-state index in [0.717, 1.165) is 0 Å². The van der Waals surface area contributed by atoms with Gasteiger partial charge in [0.25, 0.3) is 0 Å². The lowest BCUT2D eigenvalue weighted by atomic mass is 10.0. The Hall–Kier alpha value is -0.210. The van der Waals surface area contributed by atoms with Crippen molar-refractivity contribution in [3.8, 4) is 0 Å². The summed E-state index contributed by atoms with van der Waals surface area (Å²) in [5.41, 5.74) is 0. The standard InChI is InChI=1S/2C40H83N.H2O4S/c2*1-4-5-6-7-8-9-10-11-12-13-14-15-16-17-18-19-20-21-22-23-24-25-26-27-28-29-30-31-32-33-34-35-36-37-38-39-40-41(2)3;1-5(2,3)4/h2*4-40H2,1-3H3;(H2,1,2,3,4). The van der Waals surface area contributed by atoms with Gasteiger partial charge in [-0.2, -0.15) is 8.42 Å². The first-order chi connectivity index (χ1) is 42.5. The first-order valence-electron chi connectivity index (χ1n) is 40.5. The van der Waals surface area contributed by atoms with Crippen LogP contribution >= 0.6 is 0 Å². The summed E-state index contributed by atoms with van der Waals surface area (Å²) in [7, 11) is 4.07. The molecule has 0 bridgehead atoms. The van der Waals surface area contributed by atoms with Gasteiger partial charge in [0, 0.05) is 0 Å². The van der Waals surface area contributed by atoms with Crippen LogP contribution in [0.15, 0.2) is 0 Å². The summed E-state index contributed by atoms with van der Waals surface area (Å²) in [5.74, 6) is 0. The maximum Gasteiger partial charge on any atom is 0.394 e. The van der Waals surface area contributed by atoms with Gasteiger partial charge < -0.3 is 9.80 Å². The fraction of sp³-hybridized carbons (Fsp3) is 1.00. The molecule has 528 valence electrons. The number of unbranched alkanes of at least 4 members (excludes halogenated alkanes) is 70. The van der Waals surface area contributed by atoms with Crippen LogP contribution in [0, 0.1) is 0 Å². The molecule has 0 aromatic heterocycles. The molecule has 0 aliphatic heterocycles. The maximum absolute atomic E-state index is 8.74. The Labute approximate surface area is 552 Å². The Bertz CT molecular complexity index is 1180. The van der Waals surface area contributed by atoms with Crippen molar-refractivity contribution in [3.63, 3.8) is 0 Å². The summed E-state index contributed by atoms with van der Waals surface area (Å²) >= 11 is 0. The molecule has 0 heterocycles. The topological polar surface area (TPSA) is 81.1 Å². The van der Waals surface area contributed by atoms with E-state index in [-0.39, 0.29) is 0 Å². The average Bonchev–Trinajstić information content (AvgIpc) is 3.48. The summed E-state index contributed by atoms with van der Waals surface area (Å²) in [6.45, 7) is 7.15. The molecule has 6 nitrogen and oxygen atoms in total. The van der Waals surface area contributed by atoms with Crippen molar-refractivity contribution in [1.82, 2.24) is 9.80 Å². The summed E-state index contributed by atoms with van der Waals surface area (Å²) < 4.78 is 31.6. The first kappa shape index (κ1) is 91.0. The highest BCUT2D eigenvalue weighted by Gasteiger charge is 2.02. The second kappa shape index (κ2) is 83.8. The summed E-state index contributed by atoms with van der Waals surface area (Å²) in [6, 6.07) is 0. The molecular formula is C80H168N2O4S. The van der Waals surface area contributed by atoms with Crippen LogP contribution in [0.5, 0.6) is 0 Å². The first-order valence-corrected chi connectivity index (χ1v) is 41.9. The van der Waals surface area contributed by atoms with Crippen molar-refractivity contribution < 1.29 is 17.5 Å². The third-order valence-electron chi connectivity index (χ3n) is 18.9. The zero-order chi connectivity index (χ0) is 64.0. The third kappa shape index (κ3) is 105. The van der Waals surface area contributed by atoms with Gasteiger partial charge in [0.2, 0.25) is 0 Å². The van der Waals surface area contributed by atoms with Crippen molar-refractivity contribution in [1.29, 1.82) is 0 Å². The molecule has 0 radical (unpaired) electrons. The average molecular weight is 1250 g/mol. The van der Waals surface area contributed by atoms with Crippen molar-refractivity contribution in [2.45, 2.75) is 476 Å². The number of rotatable bonds is 74. The monoisotopic (exact) mass is 1250 g/mol. The summed E-state index contributed by atoms with van der Waals surface area (Å²) in [5, 5.41) is 0. The Kier molecular flexibility index (Phi) is 87.6. The number of hydrogen-bond acceptors (Lipinski definition) is 4. The van der Waals surface area contributed by atoms with Gasteiger partial charge in [0.15, 0.2) is 0 Å². The summed E-state index contributed by atoms with van der Waals surface area (Å²) in [4.78, 5) is 4.62. The molecule has 2 N–H and O–H groups in total. The highest BCUT2D eigenvalue weighted by molar-refractivity contribution is 7.79. The molecule has 0 amide bonds. The molecule has 0 aromatic carbocycles. The van der Waals surface area contributed by atoms with Crippen LogP contribution in [0.2, 0.25) is 0 Å². The lowest BCUT2D eigenvalue weighted by Gasteiger charge is -2.08. The zero-order valence-electron chi connectivity index (χ0n) is 61.3. The lowest BCUT2D eigenvalue weighted by molar-refractivity contribution is 0.381. The molecule has 0 unspecified atom stereocenters. The quantitative estimate of drug-likeness (QED) is 0.0467. The Morgan fingerprint density at radius 1 is 0.172 bits per heavy atom. The second-order valence-corrected chi connectivity index (χ2v) is 29.7. The van der Waals surface area contributed by atoms with Crippen LogP contribution < -0.4 is 0 Å². The van der Waals surface area contributed by atoms with Crippen molar-refractivity contribution in [2.24, 2.45) is 0 Å². The molecule has 0 aliphatic carbocycles. The highest BCUT2D eigenvalue weighted by atomic mass is 32.3. The predicted molar refractivity (Wildman–Crippen MR) is 395 cm³/mol. The number of nitrogens with zero attached hydrogens (tertiary/aromatic N) is 2. The van der Waals surface area contributed by atoms with E-state index in [1.54, 1.807) is 0 Å². The van der Waals surface area contributed by atoms with Gasteiger partial charge in [0.1, 0.15) is 0 Å². The Morgan fingerprint density at radius 3 is 0.310 bits per heavy atom. The van der Waals surface area contributed by atoms with Gasteiger partial charge in [-0.15, -0.1) is 0 Å². The minimum Gasteiger partial charge on any atom is -0.309 e. The van der Waals surface area contributed by atoms with E-state index in [4.69, 9.17) is 17.5 Å². The minimum absolute atomic E-state index is 1.26. The maximum atomic E-state index is 8.74. The van der Waals surface area contributed by atoms with E-state index in [2.05, 4.69) is 51.8 Å². The predicted octanol–water partition coefficient (Wildman–Crippen LogP) is 28.6. The van der Waals surface area contributed by atoms with Gasteiger partial charge >= 0.3 is 10.4 Å². The van der Waals surface area contributed by atoms with E-state index < -0.39 is 10.4 Å².